The van der Waals surface area contributed by atoms with Crippen molar-refractivity contribution >= 4 is 17.0 Å². The largest absolute Gasteiger partial charge is 0.475 e. The van der Waals surface area contributed by atoms with Crippen LogP contribution in [0, 0.1) is 0 Å². The summed E-state index contributed by atoms with van der Waals surface area (Å²) in [6, 6.07) is 0. The van der Waals surface area contributed by atoms with Gasteiger partial charge in [-0.25, -0.2) is 14.8 Å². The summed E-state index contributed by atoms with van der Waals surface area (Å²) in [6.07, 6.45) is 1.50. The molecule has 84 valence electrons. The van der Waals surface area contributed by atoms with Gasteiger partial charge in [0.1, 0.15) is 0 Å². The Morgan fingerprint density at radius 2 is 2.12 bits per heavy atom. The number of nitrogens with one attached hydrogen (secondary N) is 1. The number of hydrogen-bond donors (Lipinski definition) is 2. The molecule has 2 aromatic heterocycles. The van der Waals surface area contributed by atoms with Gasteiger partial charge < -0.3 is 5.11 Å². The predicted molar refractivity (Wildman–Crippen MR) is 57.3 cm³/mol. The zero-order valence-electron chi connectivity index (χ0n) is 9.27. The minimum Gasteiger partial charge on any atom is -0.475 e. The van der Waals surface area contributed by atoms with Crippen molar-refractivity contribution in [2.24, 2.45) is 0 Å². The van der Waals surface area contributed by atoms with E-state index in [1.54, 1.807) is 0 Å². The Balaban J connectivity index is 2.64. The fraction of sp³-hybridized carbons (Fsp3) is 0.400. The first-order valence-electron chi connectivity index (χ1n) is 4.84. The number of carboxylic acid groups (broad SMARTS) is 1. The first-order valence-corrected chi connectivity index (χ1v) is 4.84. The van der Waals surface area contributed by atoms with E-state index in [4.69, 9.17) is 5.11 Å². The van der Waals surface area contributed by atoms with Crippen LogP contribution in [-0.2, 0) is 5.41 Å². The van der Waals surface area contributed by atoms with Crippen molar-refractivity contribution in [1.29, 1.82) is 0 Å². The molecule has 0 amide bonds. The Morgan fingerprint density at radius 3 is 2.69 bits per heavy atom. The molecular weight excluding hydrogens is 208 g/mol. The Labute approximate surface area is 91.7 Å². The topological polar surface area (TPSA) is 91.8 Å². The fourth-order valence-electron chi connectivity index (χ4n) is 1.48. The van der Waals surface area contributed by atoms with Crippen molar-refractivity contribution < 1.29 is 9.90 Å². The van der Waals surface area contributed by atoms with E-state index < -0.39 is 5.97 Å². The highest BCUT2D eigenvalue weighted by atomic mass is 16.4. The van der Waals surface area contributed by atoms with Crippen LogP contribution in [-0.4, -0.2) is 31.2 Å². The summed E-state index contributed by atoms with van der Waals surface area (Å²) in [5.74, 6) is -1.39. The van der Waals surface area contributed by atoms with Gasteiger partial charge in [-0.15, -0.1) is 0 Å². The average Bonchev–Trinajstić information content (AvgIpc) is 2.58. The van der Waals surface area contributed by atoms with Gasteiger partial charge >= 0.3 is 5.97 Å². The second-order valence-corrected chi connectivity index (χ2v) is 4.58. The molecule has 6 nitrogen and oxygen atoms in total. The highest BCUT2D eigenvalue weighted by Crippen LogP contribution is 2.26. The average molecular weight is 220 g/mol. The van der Waals surface area contributed by atoms with E-state index in [2.05, 4.69) is 20.2 Å². The Kier molecular flexibility index (Phi) is 2.15. The molecule has 0 unspecified atom stereocenters. The van der Waals surface area contributed by atoms with E-state index in [-0.39, 0.29) is 11.2 Å². The molecule has 0 bridgehead atoms. The molecule has 0 saturated heterocycles. The molecule has 2 aromatic rings. The van der Waals surface area contributed by atoms with Crippen LogP contribution in [0.25, 0.3) is 11.0 Å². The van der Waals surface area contributed by atoms with E-state index in [1.165, 1.54) is 6.20 Å². The van der Waals surface area contributed by atoms with Crippen LogP contribution in [0.2, 0.25) is 0 Å². The number of aromatic amines is 1. The number of H-pyrrole nitrogens is 1. The number of hydrogen-bond acceptors (Lipinski definition) is 4. The first-order chi connectivity index (χ1) is 7.39. The quantitative estimate of drug-likeness (QED) is 0.756. The third-order valence-electron chi connectivity index (χ3n) is 2.25. The maximum absolute atomic E-state index is 10.7. The van der Waals surface area contributed by atoms with E-state index in [9.17, 15) is 4.79 Å². The number of nitrogens with zero attached hydrogens (tertiary/aromatic N) is 3. The summed E-state index contributed by atoms with van der Waals surface area (Å²) < 4.78 is 0. The normalized spacial score (nSPS) is 11.9. The van der Waals surface area contributed by atoms with Gasteiger partial charge in [-0.1, -0.05) is 20.8 Å². The molecule has 0 aromatic carbocycles. The summed E-state index contributed by atoms with van der Waals surface area (Å²) in [5, 5.41) is 16.4. The zero-order chi connectivity index (χ0) is 11.9. The molecule has 0 radical (unpaired) electrons. The van der Waals surface area contributed by atoms with Gasteiger partial charge in [0, 0.05) is 11.6 Å². The second-order valence-electron chi connectivity index (χ2n) is 4.58. The molecule has 0 fully saturated rings. The van der Waals surface area contributed by atoms with Gasteiger partial charge in [-0.05, 0) is 0 Å². The van der Waals surface area contributed by atoms with Crippen molar-refractivity contribution in [2.45, 2.75) is 26.2 Å². The molecule has 2 heterocycles. The van der Waals surface area contributed by atoms with E-state index in [0.29, 0.717) is 5.65 Å². The minimum absolute atomic E-state index is 0.108. The predicted octanol–water partition coefficient (Wildman–Crippen LogP) is 1.35. The van der Waals surface area contributed by atoms with Crippen LogP contribution in [0.4, 0.5) is 0 Å². The molecule has 16 heavy (non-hydrogen) atoms. The smallest absolute Gasteiger partial charge is 0.374 e. The summed E-state index contributed by atoms with van der Waals surface area (Å²) in [4.78, 5) is 18.3. The van der Waals surface area contributed by atoms with Crippen LogP contribution < -0.4 is 0 Å². The van der Waals surface area contributed by atoms with Crippen molar-refractivity contribution in [1.82, 2.24) is 20.2 Å². The lowest BCUT2D eigenvalue weighted by Crippen LogP contribution is -2.12. The Morgan fingerprint density at radius 1 is 1.44 bits per heavy atom. The number of aromatic nitrogens is 4. The summed E-state index contributed by atoms with van der Waals surface area (Å²) in [5.41, 5.74) is 1.18. The SMILES string of the molecule is CC(C)(C)c1[nH]nc2nc(C(=O)O)ncc12. The fourth-order valence-corrected chi connectivity index (χ4v) is 1.48. The third-order valence-corrected chi connectivity index (χ3v) is 2.25. The Hall–Kier alpha value is -1.98. The monoisotopic (exact) mass is 220 g/mol. The van der Waals surface area contributed by atoms with Crippen LogP contribution in [0.3, 0.4) is 0 Å². The maximum atomic E-state index is 10.7. The highest BCUT2D eigenvalue weighted by Gasteiger charge is 2.21. The molecule has 2 N–H and O–H groups in total. The lowest BCUT2D eigenvalue weighted by Gasteiger charge is -2.15. The molecule has 0 saturated carbocycles. The van der Waals surface area contributed by atoms with Gasteiger partial charge in [0.2, 0.25) is 5.82 Å². The van der Waals surface area contributed by atoms with Crippen LogP contribution in [0.15, 0.2) is 6.20 Å². The molecule has 0 spiro atoms. The van der Waals surface area contributed by atoms with Gasteiger partial charge in [0.05, 0.1) is 11.1 Å². The summed E-state index contributed by atoms with van der Waals surface area (Å²) in [7, 11) is 0. The highest BCUT2D eigenvalue weighted by molar-refractivity contribution is 5.86. The molecule has 0 atom stereocenters. The van der Waals surface area contributed by atoms with E-state index >= 15 is 0 Å². The number of fused-ring (bicyclic) bond motifs is 1. The number of carboxylic acids is 1. The molecule has 6 heteroatoms. The molecule has 0 aliphatic rings. The molecule has 2 rings (SSSR count). The molecule has 0 aliphatic heterocycles. The van der Waals surface area contributed by atoms with Crippen molar-refractivity contribution in [3.05, 3.63) is 17.7 Å². The number of aromatic carboxylic acids is 1. The van der Waals surface area contributed by atoms with Crippen LogP contribution in [0.1, 0.15) is 37.1 Å². The van der Waals surface area contributed by atoms with Crippen molar-refractivity contribution in [3.8, 4) is 0 Å². The van der Waals surface area contributed by atoms with Crippen molar-refractivity contribution in [2.75, 3.05) is 0 Å². The summed E-state index contributed by atoms with van der Waals surface area (Å²) in [6.45, 7) is 6.10. The van der Waals surface area contributed by atoms with Gasteiger partial charge in [0.15, 0.2) is 5.65 Å². The van der Waals surface area contributed by atoms with Gasteiger partial charge in [-0.2, -0.15) is 5.10 Å². The van der Waals surface area contributed by atoms with Crippen LogP contribution in [0.5, 0.6) is 0 Å². The number of rotatable bonds is 1. The van der Waals surface area contributed by atoms with E-state index in [0.717, 1.165) is 11.1 Å². The lowest BCUT2D eigenvalue weighted by atomic mass is 9.91. The van der Waals surface area contributed by atoms with Crippen LogP contribution >= 0.6 is 0 Å². The minimum atomic E-state index is -1.15. The first kappa shape index (κ1) is 10.5. The Bertz CT molecular complexity index is 553. The molecular formula is C10H12N4O2. The molecule has 0 aliphatic carbocycles. The maximum Gasteiger partial charge on any atom is 0.374 e. The third kappa shape index (κ3) is 1.62. The second kappa shape index (κ2) is 3.26. The standard InChI is InChI=1S/C10H12N4O2/c1-10(2,3)6-5-4-11-8(9(15)16)12-7(5)14-13-6/h4H,1-3H3,(H,15,16)(H,11,12,13,14). The number of carbonyl (C=O) groups is 1. The van der Waals surface area contributed by atoms with Gasteiger partial charge in [0.25, 0.3) is 0 Å². The van der Waals surface area contributed by atoms with Gasteiger partial charge in [-0.3, -0.25) is 5.10 Å². The lowest BCUT2D eigenvalue weighted by molar-refractivity contribution is 0.0684. The van der Waals surface area contributed by atoms with E-state index in [1.807, 2.05) is 20.8 Å². The zero-order valence-corrected chi connectivity index (χ0v) is 9.27. The summed E-state index contributed by atoms with van der Waals surface area (Å²) >= 11 is 0. The van der Waals surface area contributed by atoms with Crippen molar-refractivity contribution in [3.63, 3.8) is 0 Å².